The lowest BCUT2D eigenvalue weighted by atomic mass is 9.81. The van der Waals surface area contributed by atoms with Gasteiger partial charge in [0.25, 0.3) is 0 Å². The molecule has 1 atom stereocenters. The molecule has 0 aliphatic rings. The second kappa shape index (κ2) is 5.16. The van der Waals surface area contributed by atoms with Gasteiger partial charge in [-0.05, 0) is 12.5 Å². The van der Waals surface area contributed by atoms with Crippen LogP contribution >= 0.6 is 0 Å². The summed E-state index contributed by atoms with van der Waals surface area (Å²) in [6.07, 6.45) is 0.645. The van der Waals surface area contributed by atoms with Crippen molar-refractivity contribution in [2.75, 3.05) is 0 Å². The Bertz CT molecular complexity index is 604. The molecule has 1 unspecified atom stereocenters. The summed E-state index contributed by atoms with van der Waals surface area (Å²) in [6, 6.07) is 15.2. The Morgan fingerprint density at radius 1 is 1.05 bits per heavy atom. The van der Waals surface area contributed by atoms with E-state index in [9.17, 15) is 14.7 Å². The molecule has 2 rings (SSSR count). The van der Waals surface area contributed by atoms with Crippen molar-refractivity contribution < 1.29 is 14.7 Å². The van der Waals surface area contributed by atoms with Crippen molar-refractivity contribution in [3.63, 3.8) is 0 Å². The second-order valence-corrected chi connectivity index (χ2v) is 4.34. The SMILES string of the molecule is CC(=O)C(O)(c1ccccc1)c1ccccc1C=O. The third kappa shape index (κ3) is 2.20. The largest absolute Gasteiger partial charge is 0.373 e. The zero-order valence-electron chi connectivity index (χ0n) is 10.5. The highest BCUT2D eigenvalue weighted by molar-refractivity contribution is 5.93. The van der Waals surface area contributed by atoms with Gasteiger partial charge in [0.1, 0.15) is 6.29 Å². The summed E-state index contributed by atoms with van der Waals surface area (Å²) < 4.78 is 0. The van der Waals surface area contributed by atoms with E-state index in [1.807, 2.05) is 0 Å². The van der Waals surface area contributed by atoms with Crippen LogP contribution in [0, 0.1) is 0 Å². The lowest BCUT2D eigenvalue weighted by Gasteiger charge is -2.27. The third-order valence-electron chi connectivity index (χ3n) is 3.18. The minimum absolute atomic E-state index is 0.309. The molecule has 0 aliphatic heterocycles. The fourth-order valence-corrected chi connectivity index (χ4v) is 2.16. The van der Waals surface area contributed by atoms with Crippen molar-refractivity contribution in [3.05, 3.63) is 71.3 Å². The van der Waals surface area contributed by atoms with Crippen LogP contribution in [0.4, 0.5) is 0 Å². The summed E-state index contributed by atoms with van der Waals surface area (Å²) in [5, 5.41) is 10.8. The van der Waals surface area contributed by atoms with Crippen LogP contribution in [0.3, 0.4) is 0 Å². The Labute approximate surface area is 111 Å². The summed E-state index contributed by atoms with van der Waals surface area (Å²) in [5.74, 6) is -0.423. The molecule has 0 bridgehead atoms. The molecule has 2 aromatic rings. The Morgan fingerprint density at radius 2 is 1.63 bits per heavy atom. The fraction of sp³-hybridized carbons (Fsp3) is 0.125. The summed E-state index contributed by atoms with van der Waals surface area (Å²) in [7, 11) is 0. The molecule has 0 aliphatic carbocycles. The summed E-state index contributed by atoms with van der Waals surface area (Å²) >= 11 is 0. The summed E-state index contributed by atoms with van der Waals surface area (Å²) in [6.45, 7) is 1.31. The summed E-state index contributed by atoms with van der Waals surface area (Å²) in [5.41, 5.74) is -0.719. The zero-order valence-corrected chi connectivity index (χ0v) is 10.5. The molecular formula is C16H14O3. The van der Waals surface area contributed by atoms with Crippen LogP contribution in [0.1, 0.15) is 28.4 Å². The molecule has 0 amide bonds. The van der Waals surface area contributed by atoms with E-state index < -0.39 is 11.4 Å². The molecule has 0 fully saturated rings. The quantitative estimate of drug-likeness (QED) is 0.852. The van der Waals surface area contributed by atoms with Crippen LogP contribution in [-0.2, 0) is 10.4 Å². The Balaban J connectivity index is 2.71. The van der Waals surface area contributed by atoms with E-state index in [4.69, 9.17) is 0 Å². The molecule has 3 heteroatoms. The van der Waals surface area contributed by atoms with E-state index in [1.165, 1.54) is 6.92 Å². The van der Waals surface area contributed by atoms with Gasteiger partial charge < -0.3 is 5.11 Å². The molecule has 0 aromatic heterocycles. The molecule has 0 spiro atoms. The van der Waals surface area contributed by atoms with Gasteiger partial charge in [-0.15, -0.1) is 0 Å². The van der Waals surface area contributed by atoms with Crippen LogP contribution in [0.15, 0.2) is 54.6 Å². The van der Waals surface area contributed by atoms with Gasteiger partial charge in [-0.1, -0.05) is 54.6 Å². The van der Waals surface area contributed by atoms with Crippen molar-refractivity contribution in [2.24, 2.45) is 0 Å². The fourth-order valence-electron chi connectivity index (χ4n) is 2.16. The van der Waals surface area contributed by atoms with Gasteiger partial charge in [-0.25, -0.2) is 0 Å². The molecular weight excluding hydrogens is 240 g/mol. The second-order valence-electron chi connectivity index (χ2n) is 4.34. The Kier molecular flexibility index (Phi) is 3.58. The number of rotatable bonds is 4. The molecule has 2 aromatic carbocycles. The smallest absolute Gasteiger partial charge is 0.173 e. The number of carbonyl (C=O) groups excluding carboxylic acids is 2. The predicted molar refractivity (Wildman–Crippen MR) is 72.0 cm³/mol. The van der Waals surface area contributed by atoms with E-state index in [1.54, 1.807) is 54.6 Å². The maximum atomic E-state index is 12.0. The predicted octanol–water partition coefficient (Wildman–Crippen LogP) is 2.32. The maximum Gasteiger partial charge on any atom is 0.173 e. The molecule has 0 radical (unpaired) electrons. The van der Waals surface area contributed by atoms with Gasteiger partial charge >= 0.3 is 0 Å². The van der Waals surface area contributed by atoms with Gasteiger partial charge in [-0.2, -0.15) is 0 Å². The minimum Gasteiger partial charge on any atom is -0.373 e. The van der Waals surface area contributed by atoms with Gasteiger partial charge in [0.05, 0.1) is 0 Å². The first-order chi connectivity index (χ1) is 9.10. The minimum atomic E-state index is -1.79. The van der Waals surface area contributed by atoms with Crippen LogP contribution < -0.4 is 0 Å². The van der Waals surface area contributed by atoms with Crippen LogP contribution in [0.25, 0.3) is 0 Å². The number of hydrogen-bond donors (Lipinski definition) is 1. The number of carbonyl (C=O) groups is 2. The Morgan fingerprint density at radius 3 is 2.21 bits per heavy atom. The van der Waals surface area contributed by atoms with Crippen LogP contribution in [0.5, 0.6) is 0 Å². The molecule has 96 valence electrons. The van der Waals surface area contributed by atoms with E-state index in [0.29, 0.717) is 23.0 Å². The monoisotopic (exact) mass is 254 g/mol. The lowest BCUT2D eigenvalue weighted by Crippen LogP contribution is -2.36. The zero-order chi connectivity index (χ0) is 13.9. The van der Waals surface area contributed by atoms with Gasteiger partial charge in [0.2, 0.25) is 0 Å². The van der Waals surface area contributed by atoms with Crippen molar-refractivity contribution in [1.82, 2.24) is 0 Å². The van der Waals surface area contributed by atoms with Gasteiger partial charge in [0, 0.05) is 11.1 Å². The van der Waals surface area contributed by atoms with Gasteiger partial charge in [0.15, 0.2) is 11.4 Å². The van der Waals surface area contributed by atoms with Crippen molar-refractivity contribution in [2.45, 2.75) is 12.5 Å². The van der Waals surface area contributed by atoms with Crippen molar-refractivity contribution >= 4 is 12.1 Å². The van der Waals surface area contributed by atoms with E-state index in [2.05, 4.69) is 0 Å². The number of hydrogen-bond acceptors (Lipinski definition) is 3. The first-order valence-electron chi connectivity index (χ1n) is 5.94. The highest BCUT2D eigenvalue weighted by Crippen LogP contribution is 2.32. The first-order valence-corrected chi connectivity index (χ1v) is 5.94. The number of ketones is 1. The number of aldehydes is 1. The van der Waals surface area contributed by atoms with Crippen LogP contribution in [0.2, 0.25) is 0 Å². The average molecular weight is 254 g/mol. The number of Topliss-reactive ketones (excluding diaryl/α,β-unsaturated/α-hetero) is 1. The maximum absolute atomic E-state index is 12.0. The first kappa shape index (κ1) is 13.2. The van der Waals surface area contributed by atoms with Crippen molar-refractivity contribution in [3.8, 4) is 0 Å². The van der Waals surface area contributed by atoms with E-state index >= 15 is 0 Å². The number of benzene rings is 2. The molecule has 0 saturated carbocycles. The number of aliphatic hydroxyl groups is 1. The van der Waals surface area contributed by atoms with Gasteiger partial charge in [-0.3, -0.25) is 9.59 Å². The third-order valence-corrected chi connectivity index (χ3v) is 3.18. The molecule has 0 heterocycles. The highest BCUT2D eigenvalue weighted by atomic mass is 16.3. The normalized spacial score (nSPS) is 13.6. The van der Waals surface area contributed by atoms with E-state index in [0.717, 1.165) is 0 Å². The van der Waals surface area contributed by atoms with Crippen LogP contribution in [-0.4, -0.2) is 17.2 Å². The van der Waals surface area contributed by atoms with E-state index in [-0.39, 0.29) is 0 Å². The molecule has 0 saturated heterocycles. The highest BCUT2D eigenvalue weighted by Gasteiger charge is 2.38. The average Bonchev–Trinajstić information content (AvgIpc) is 2.47. The summed E-state index contributed by atoms with van der Waals surface area (Å²) in [4.78, 5) is 23.1. The standard InChI is InChI=1S/C16H14O3/c1-12(18)16(19,14-8-3-2-4-9-14)15-10-6-5-7-13(15)11-17/h2-11,19H,1H3. The molecule has 3 nitrogen and oxygen atoms in total. The topological polar surface area (TPSA) is 54.4 Å². The lowest BCUT2D eigenvalue weighted by molar-refractivity contribution is -0.132. The van der Waals surface area contributed by atoms with Crippen molar-refractivity contribution in [1.29, 1.82) is 0 Å². The molecule has 1 N–H and O–H groups in total. The molecule has 19 heavy (non-hydrogen) atoms. The Hall–Kier alpha value is -2.26.